The van der Waals surface area contributed by atoms with Crippen molar-refractivity contribution in [3.63, 3.8) is 0 Å². The summed E-state index contributed by atoms with van der Waals surface area (Å²) in [5.74, 6) is 2.66. The van der Waals surface area contributed by atoms with Crippen molar-refractivity contribution in [1.82, 2.24) is 15.1 Å². The lowest BCUT2D eigenvalue weighted by molar-refractivity contribution is 0.132. The van der Waals surface area contributed by atoms with Gasteiger partial charge in [-0.25, -0.2) is 0 Å². The number of fused-ring (bicyclic) bond motifs is 1. The Bertz CT molecular complexity index is 621. The van der Waals surface area contributed by atoms with Crippen LogP contribution in [0.25, 0.3) is 11.5 Å². The molecule has 1 N–H and O–H groups in total. The molecule has 112 valence electrons. The van der Waals surface area contributed by atoms with Gasteiger partial charge in [0.05, 0.1) is 6.20 Å². The molecule has 0 aromatic carbocycles. The van der Waals surface area contributed by atoms with Crippen LogP contribution in [0.15, 0.2) is 22.7 Å². The predicted octanol–water partition coefficient (Wildman–Crippen LogP) is 3.95. The first kappa shape index (κ1) is 13.4. The molecule has 2 aliphatic rings. The van der Waals surface area contributed by atoms with Gasteiger partial charge in [-0.1, -0.05) is 12.8 Å². The summed E-state index contributed by atoms with van der Waals surface area (Å²) >= 11 is 5.87. The smallest absolute Gasteiger partial charge is 0.194 e. The number of nitrogens with zero attached hydrogens (tertiary/aromatic N) is 2. The van der Waals surface area contributed by atoms with E-state index in [1.807, 2.05) is 12.3 Å². The van der Waals surface area contributed by atoms with Gasteiger partial charge in [0.2, 0.25) is 0 Å². The average molecular weight is 306 g/mol. The van der Waals surface area contributed by atoms with E-state index in [-0.39, 0.29) is 0 Å². The summed E-state index contributed by atoms with van der Waals surface area (Å²) < 4.78 is 5.50. The van der Waals surface area contributed by atoms with Gasteiger partial charge in [0.15, 0.2) is 11.0 Å². The fourth-order valence-corrected chi connectivity index (χ4v) is 4.13. The van der Waals surface area contributed by atoms with E-state index in [0.29, 0.717) is 5.22 Å². The fourth-order valence-electron chi connectivity index (χ4n) is 3.98. The van der Waals surface area contributed by atoms with Crippen LogP contribution in [0.5, 0.6) is 0 Å². The molecule has 3 heterocycles. The average Bonchev–Trinajstić information content (AvgIpc) is 3.18. The summed E-state index contributed by atoms with van der Waals surface area (Å²) in [5, 5.41) is 7.64. The van der Waals surface area contributed by atoms with E-state index in [1.165, 1.54) is 44.3 Å². The van der Waals surface area contributed by atoms with Crippen molar-refractivity contribution in [3.05, 3.63) is 29.1 Å². The molecule has 0 amide bonds. The summed E-state index contributed by atoms with van der Waals surface area (Å²) in [5.41, 5.74) is 2.15. The molecular weight excluding hydrogens is 286 g/mol. The highest BCUT2D eigenvalue weighted by Gasteiger charge is 2.33. The zero-order valence-electron chi connectivity index (χ0n) is 12.0. The van der Waals surface area contributed by atoms with Crippen molar-refractivity contribution in [3.8, 4) is 11.5 Å². The SMILES string of the molecule is Clc1ccc(-c2[nH]ncc2CN2CC[C@@H]3CCC[C@@H]3C2)o1. The van der Waals surface area contributed by atoms with Gasteiger partial charge in [-0.2, -0.15) is 5.10 Å². The maximum atomic E-state index is 5.87. The maximum Gasteiger partial charge on any atom is 0.194 e. The molecule has 2 aromatic rings. The van der Waals surface area contributed by atoms with Crippen molar-refractivity contribution in [2.75, 3.05) is 13.1 Å². The van der Waals surface area contributed by atoms with E-state index in [1.54, 1.807) is 6.07 Å². The standard InChI is InChI=1S/C16H20ClN3O/c17-15-5-4-14(21-15)16-13(8-18-19-16)10-20-7-6-11-2-1-3-12(11)9-20/h4-5,8,11-12H,1-3,6-7,9-10H2,(H,18,19)/t11-,12+/m0/s1. The highest BCUT2D eigenvalue weighted by Crippen LogP contribution is 2.38. The van der Waals surface area contributed by atoms with Crippen LogP contribution in [0.1, 0.15) is 31.2 Å². The van der Waals surface area contributed by atoms with Gasteiger partial charge in [-0.05, 0) is 55.0 Å². The number of furan rings is 1. The fraction of sp³-hybridized carbons (Fsp3) is 0.562. The number of aromatic nitrogens is 2. The summed E-state index contributed by atoms with van der Waals surface area (Å²) in [6, 6.07) is 3.66. The molecule has 1 aliphatic carbocycles. The molecule has 5 heteroatoms. The third-order valence-corrected chi connectivity index (χ3v) is 5.26. The number of aromatic amines is 1. The third kappa shape index (κ3) is 2.62. The Kier molecular flexibility index (Phi) is 3.51. The lowest BCUT2D eigenvalue weighted by atomic mass is 9.88. The van der Waals surface area contributed by atoms with Crippen LogP contribution in [-0.4, -0.2) is 28.2 Å². The highest BCUT2D eigenvalue weighted by molar-refractivity contribution is 6.28. The molecule has 0 spiro atoms. The molecule has 1 saturated carbocycles. The van der Waals surface area contributed by atoms with Crippen LogP contribution >= 0.6 is 11.6 Å². The first-order valence-electron chi connectivity index (χ1n) is 7.80. The van der Waals surface area contributed by atoms with Gasteiger partial charge in [0.1, 0.15) is 5.69 Å². The van der Waals surface area contributed by atoms with Gasteiger partial charge in [-0.3, -0.25) is 10.00 Å². The molecule has 2 aromatic heterocycles. The molecule has 21 heavy (non-hydrogen) atoms. The van der Waals surface area contributed by atoms with Gasteiger partial charge in [-0.15, -0.1) is 0 Å². The number of piperidine rings is 1. The van der Waals surface area contributed by atoms with Gasteiger partial charge >= 0.3 is 0 Å². The maximum absolute atomic E-state index is 5.87. The van der Waals surface area contributed by atoms with Crippen molar-refractivity contribution in [2.24, 2.45) is 11.8 Å². The second kappa shape index (κ2) is 5.50. The summed E-state index contributed by atoms with van der Waals surface area (Å²) in [4.78, 5) is 2.56. The first-order chi connectivity index (χ1) is 10.3. The number of halogens is 1. The highest BCUT2D eigenvalue weighted by atomic mass is 35.5. The molecule has 1 saturated heterocycles. The predicted molar refractivity (Wildman–Crippen MR) is 82.0 cm³/mol. The number of hydrogen-bond acceptors (Lipinski definition) is 3. The normalized spacial score (nSPS) is 26.1. The molecule has 4 rings (SSSR count). The van der Waals surface area contributed by atoms with Crippen molar-refractivity contribution in [2.45, 2.75) is 32.2 Å². The zero-order valence-corrected chi connectivity index (χ0v) is 12.8. The van der Waals surface area contributed by atoms with Crippen LogP contribution in [0.3, 0.4) is 0 Å². The Morgan fingerprint density at radius 1 is 1.29 bits per heavy atom. The Hall–Kier alpha value is -1.26. The summed E-state index contributed by atoms with van der Waals surface area (Å²) in [6.45, 7) is 3.37. The number of hydrogen-bond donors (Lipinski definition) is 1. The quantitative estimate of drug-likeness (QED) is 0.934. The van der Waals surface area contributed by atoms with Crippen molar-refractivity contribution < 1.29 is 4.42 Å². The van der Waals surface area contributed by atoms with Crippen LogP contribution in [-0.2, 0) is 6.54 Å². The van der Waals surface area contributed by atoms with Crippen LogP contribution in [0, 0.1) is 11.8 Å². The van der Waals surface area contributed by atoms with Crippen LogP contribution in [0.4, 0.5) is 0 Å². The number of likely N-dealkylation sites (tertiary alicyclic amines) is 1. The van der Waals surface area contributed by atoms with E-state index >= 15 is 0 Å². The molecule has 0 bridgehead atoms. The number of nitrogens with one attached hydrogen (secondary N) is 1. The molecule has 2 fully saturated rings. The number of H-pyrrole nitrogens is 1. The molecule has 4 nitrogen and oxygen atoms in total. The van der Waals surface area contributed by atoms with Crippen LogP contribution < -0.4 is 0 Å². The van der Waals surface area contributed by atoms with Gasteiger partial charge in [0.25, 0.3) is 0 Å². The first-order valence-corrected chi connectivity index (χ1v) is 8.17. The Balaban J connectivity index is 1.49. The van der Waals surface area contributed by atoms with E-state index in [9.17, 15) is 0 Å². The minimum atomic E-state index is 0.414. The molecule has 0 unspecified atom stereocenters. The number of rotatable bonds is 3. The monoisotopic (exact) mass is 305 g/mol. The summed E-state index contributed by atoms with van der Waals surface area (Å²) in [6.07, 6.45) is 7.54. The zero-order chi connectivity index (χ0) is 14.2. The van der Waals surface area contributed by atoms with Crippen molar-refractivity contribution >= 4 is 11.6 Å². The van der Waals surface area contributed by atoms with E-state index in [2.05, 4.69) is 15.1 Å². The third-order valence-electron chi connectivity index (χ3n) is 5.06. The van der Waals surface area contributed by atoms with E-state index in [4.69, 9.17) is 16.0 Å². The largest absolute Gasteiger partial charge is 0.443 e. The van der Waals surface area contributed by atoms with Crippen molar-refractivity contribution in [1.29, 1.82) is 0 Å². The minimum Gasteiger partial charge on any atom is -0.443 e. The lowest BCUT2D eigenvalue weighted by Gasteiger charge is -2.34. The molecule has 0 radical (unpaired) electrons. The Morgan fingerprint density at radius 3 is 3.05 bits per heavy atom. The summed E-state index contributed by atoms with van der Waals surface area (Å²) in [7, 11) is 0. The second-order valence-corrected chi connectivity index (χ2v) is 6.72. The second-order valence-electron chi connectivity index (χ2n) is 6.35. The van der Waals surface area contributed by atoms with Crippen LogP contribution in [0.2, 0.25) is 5.22 Å². The van der Waals surface area contributed by atoms with E-state index < -0.39 is 0 Å². The minimum absolute atomic E-state index is 0.414. The Morgan fingerprint density at radius 2 is 2.19 bits per heavy atom. The van der Waals surface area contributed by atoms with Gasteiger partial charge < -0.3 is 4.42 Å². The van der Waals surface area contributed by atoms with E-state index in [0.717, 1.165) is 29.8 Å². The van der Waals surface area contributed by atoms with Gasteiger partial charge in [0, 0.05) is 18.7 Å². The molecular formula is C16H20ClN3O. The lowest BCUT2D eigenvalue weighted by Crippen LogP contribution is -2.37. The Labute approximate surface area is 129 Å². The molecule has 2 atom stereocenters. The topological polar surface area (TPSA) is 45.1 Å². The molecule has 1 aliphatic heterocycles.